The van der Waals surface area contributed by atoms with Crippen molar-refractivity contribution < 1.29 is 4.74 Å². The van der Waals surface area contributed by atoms with Crippen LogP contribution in [0.5, 0.6) is 0 Å². The van der Waals surface area contributed by atoms with Gasteiger partial charge in [0.05, 0.1) is 5.52 Å². The van der Waals surface area contributed by atoms with Crippen LogP contribution < -0.4 is 0 Å². The Bertz CT molecular complexity index is 544. The Morgan fingerprint density at radius 1 is 1.41 bits per heavy atom. The number of halogens is 1. The monoisotopic (exact) mass is 250 g/mol. The summed E-state index contributed by atoms with van der Waals surface area (Å²) in [5, 5.41) is 0.607. The lowest BCUT2D eigenvalue weighted by Crippen LogP contribution is -2.16. The number of rotatable bonds is 1. The number of aromatic nitrogens is 2. The maximum atomic E-state index is 6.21. The van der Waals surface area contributed by atoms with Crippen LogP contribution in [0.3, 0.4) is 0 Å². The number of aryl methyl sites for hydroxylation is 1. The molecule has 3 rings (SSSR count). The van der Waals surface area contributed by atoms with Crippen molar-refractivity contribution in [2.45, 2.75) is 25.7 Å². The second-order valence-electron chi connectivity index (χ2n) is 4.61. The highest BCUT2D eigenvalue weighted by Gasteiger charge is 2.21. The molecule has 0 radical (unpaired) electrons. The van der Waals surface area contributed by atoms with Crippen molar-refractivity contribution in [2.24, 2.45) is 0 Å². The normalized spacial score (nSPS) is 17.8. The van der Waals surface area contributed by atoms with Crippen molar-refractivity contribution in [3.8, 4) is 0 Å². The Balaban J connectivity index is 2.10. The molecule has 0 N–H and O–H groups in total. The molecule has 0 aliphatic carbocycles. The third-order valence-corrected chi connectivity index (χ3v) is 3.65. The van der Waals surface area contributed by atoms with Crippen molar-refractivity contribution in [2.75, 3.05) is 13.2 Å². The van der Waals surface area contributed by atoms with Gasteiger partial charge in [0, 0.05) is 25.3 Å². The highest BCUT2D eigenvalue weighted by Crippen LogP contribution is 2.29. The van der Waals surface area contributed by atoms with Gasteiger partial charge in [-0.15, -0.1) is 0 Å². The molecule has 4 heteroatoms. The molecule has 1 fully saturated rings. The fraction of sp³-hybridized carbons (Fsp3) is 0.462. The molecule has 90 valence electrons. The molecule has 0 bridgehead atoms. The number of hydrogen-bond donors (Lipinski definition) is 0. The van der Waals surface area contributed by atoms with Gasteiger partial charge >= 0.3 is 0 Å². The van der Waals surface area contributed by atoms with Crippen LogP contribution in [-0.2, 0) is 4.74 Å². The predicted molar refractivity (Wildman–Crippen MR) is 67.7 cm³/mol. The fourth-order valence-corrected chi connectivity index (χ4v) is 2.65. The molecule has 0 aromatic carbocycles. The molecule has 2 aromatic heterocycles. The molecule has 0 amide bonds. The summed E-state index contributed by atoms with van der Waals surface area (Å²) >= 11 is 6.21. The summed E-state index contributed by atoms with van der Waals surface area (Å²) in [6.07, 6.45) is 4.13. The van der Waals surface area contributed by atoms with E-state index >= 15 is 0 Å². The minimum atomic E-state index is 0.464. The quantitative estimate of drug-likeness (QED) is 0.777. The number of ether oxygens (including phenoxy) is 1. The molecule has 1 saturated heterocycles. The lowest BCUT2D eigenvalue weighted by Gasteiger charge is -2.20. The van der Waals surface area contributed by atoms with Crippen LogP contribution in [-0.4, -0.2) is 22.6 Å². The van der Waals surface area contributed by atoms with Crippen molar-refractivity contribution in [1.29, 1.82) is 0 Å². The van der Waals surface area contributed by atoms with E-state index in [1.54, 1.807) is 0 Å². The van der Waals surface area contributed by atoms with Crippen LogP contribution in [0, 0.1) is 6.92 Å². The average Bonchev–Trinajstić information content (AvgIpc) is 2.68. The van der Waals surface area contributed by atoms with Crippen LogP contribution in [0.1, 0.15) is 30.1 Å². The minimum Gasteiger partial charge on any atom is -0.381 e. The Hall–Kier alpha value is -1.06. The zero-order valence-electron chi connectivity index (χ0n) is 9.82. The maximum absolute atomic E-state index is 6.21. The van der Waals surface area contributed by atoms with E-state index in [-0.39, 0.29) is 0 Å². The number of imidazole rings is 1. The predicted octanol–water partition coefficient (Wildman–Crippen LogP) is 3.19. The Morgan fingerprint density at radius 2 is 2.18 bits per heavy atom. The molecular weight excluding hydrogens is 236 g/mol. The van der Waals surface area contributed by atoms with E-state index in [1.807, 2.05) is 0 Å². The van der Waals surface area contributed by atoms with Gasteiger partial charge in [-0.3, -0.25) is 0 Å². The van der Waals surface area contributed by atoms with E-state index in [2.05, 4.69) is 34.6 Å². The zero-order valence-corrected chi connectivity index (χ0v) is 10.6. The molecule has 1 aliphatic heterocycles. The summed E-state index contributed by atoms with van der Waals surface area (Å²) in [6, 6.07) is 4.17. The first-order valence-corrected chi connectivity index (χ1v) is 6.35. The summed E-state index contributed by atoms with van der Waals surface area (Å²) in [4.78, 5) is 4.53. The summed E-state index contributed by atoms with van der Waals surface area (Å²) in [6.45, 7) is 3.71. The third kappa shape index (κ3) is 1.94. The number of hydrogen-bond acceptors (Lipinski definition) is 2. The molecule has 3 nitrogen and oxygen atoms in total. The molecular formula is C13H15ClN2O. The molecule has 0 spiro atoms. The summed E-state index contributed by atoms with van der Waals surface area (Å²) in [5.41, 5.74) is 2.21. The molecule has 17 heavy (non-hydrogen) atoms. The van der Waals surface area contributed by atoms with E-state index < -0.39 is 0 Å². The molecule has 3 heterocycles. The third-order valence-electron chi connectivity index (χ3n) is 3.37. The van der Waals surface area contributed by atoms with Gasteiger partial charge in [-0.2, -0.15) is 0 Å². The molecule has 0 atom stereocenters. The van der Waals surface area contributed by atoms with Gasteiger partial charge in [-0.1, -0.05) is 11.6 Å². The highest BCUT2D eigenvalue weighted by atomic mass is 35.5. The Labute approximate surface area is 105 Å². The van der Waals surface area contributed by atoms with Crippen molar-refractivity contribution in [3.63, 3.8) is 0 Å². The second-order valence-corrected chi connectivity index (χ2v) is 4.96. The summed E-state index contributed by atoms with van der Waals surface area (Å²) in [5.74, 6) is 1.54. The van der Waals surface area contributed by atoms with E-state index in [1.165, 1.54) is 5.56 Å². The van der Waals surface area contributed by atoms with Gasteiger partial charge in [0.1, 0.15) is 5.82 Å². The van der Waals surface area contributed by atoms with Crippen molar-refractivity contribution >= 4 is 17.1 Å². The first-order valence-electron chi connectivity index (χ1n) is 5.97. The van der Waals surface area contributed by atoms with Gasteiger partial charge in [0.15, 0.2) is 5.15 Å². The SMILES string of the molecule is Cc1ccn2c(C3CCOCC3)nc(Cl)c2c1. The van der Waals surface area contributed by atoms with Crippen LogP contribution >= 0.6 is 11.6 Å². The van der Waals surface area contributed by atoms with Crippen LogP contribution in [0.25, 0.3) is 5.52 Å². The smallest absolute Gasteiger partial charge is 0.155 e. The number of fused-ring (bicyclic) bond motifs is 1. The first kappa shape index (κ1) is 11.1. The average molecular weight is 251 g/mol. The number of nitrogens with zero attached hydrogens (tertiary/aromatic N) is 2. The molecule has 2 aromatic rings. The number of pyridine rings is 1. The molecule has 0 unspecified atom stereocenters. The van der Waals surface area contributed by atoms with Gasteiger partial charge in [-0.25, -0.2) is 4.98 Å². The van der Waals surface area contributed by atoms with Crippen molar-refractivity contribution in [3.05, 3.63) is 34.9 Å². The Morgan fingerprint density at radius 3 is 2.94 bits per heavy atom. The minimum absolute atomic E-state index is 0.464. The molecule has 1 aliphatic rings. The van der Waals surface area contributed by atoms with Crippen LogP contribution in [0.15, 0.2) is 18.3 Å². The van der Waals surface area contributed by atoms with Gasteiger partial charge in [0.25, 0.3) is 0 Å². The standard InChI is InChI=1S/C13H15ClN2O/c1-9-2-5-16-11(8-9)12(14)15-13(16)10-3-6-17-7-4-10/h2,5,8,10H,3-4,6-7H2,1H3. The van der Waals surface area contributed by atoms with E-state index in [4.69, 9.17) is 16.3 Å². The van der Waals surface area contributed by atoms with Gasteiger partial charge < -0.3 is 9.14 Å². The van der Waals surface area contributed by atoms with Crippen LogP contribution in [0.2, 0.25) is 5.15 Å². The molecule has 0 saturated carbocycles. The van der Waals surface area contributed by atoms with E-state index in [0.29, 0.717) is 11.1 Å². The maximum Gasteiger partial charge on any atom is 0.155 e. The second kappa shape index (κ2) is 4.31. The van der Waals surface area contributed by atoms with Crippen molar-refractivity contribution in [1.82, 2.24) is 9.38 Å². The topological polar surface area (TPSA) is 26.5 Å². The summed E-state index contributed by atoms with van der Waals surface area (Å²) in [7, 11) is 0. The Kier molecular flexibility index (Phi) is 2.81. The lowest BCUT2D eigenvalue weighted by molar-refractivity contribution is 0.0835. The van der Waals surface area contributed by atoms with Gasteiger partial charge in [-0.05, 0) is 37.5 Å². The highest BCUT2D eigenvalue weighted by molar-refractivity contribution is 6.32. The van der Waals surface area contributed by atoms with E-state index in [9.17, 15) is 0 Å². The van der Waals surface area contributed by atoms with Gasteiger partial charge in [0.2, 0.25) is 0 Å². The fourth-order valence-electron chi connectivity index (χ4n) is 2.42. The first-order chi connectivity index (χ1) is 8.25. The van der Waals surface area contributed by atoms with E-state index in [0.717, 1.165) is 37.4 Å². The van der Waals surface area contributed by atoms with Crippen LogP contribution in [0.4, 0.5) is 0 Å². The summed E-state index contributed by atoms with van der Waals surface area (Å²) < 4.78 is 7.51. The largest absolute Gasteiger partial charge is 0.381 e. The zero-order chi connectivity index (χ0) is 11.8. The lowest BCUT2D eigenvalue weighted by atomic mass is 9.99.